The van der Waals surface area contributed by atoms with E-state index in [-0.39, 0.29) is 31.1 Å². The van der Waals surface area contributed by atoms with Gasteiger partial charge in [0.25, 0.3) is 0 Å². The Labute approximate surface area is 438 Å². The van der Waals surface area contributed by atoms with Crippen LogP contribution in [0.3, 0.4) is 0 Å². The smallest absolute Gasteiger partial charge is 0.306 e. The van der Waals surface area contributed by atoms with Crippen LogP contribution in [0.25, 0.3) is 0 Å². The maximum absolute atomic E-state index is 12.9. The second-order valence-electron chi connectivity index (χ2n) is 19.2. The average molecular weight is 986 g/mol. The molecule has 71 heavy (non-hydrogen) atoms. The molecular weight excluding hydrogens is 877 g/mol. The zero-order valence-corrected chi connectivity index (χ0v) is 46.2. The Kier molecular flexibility index (Phi) is 55.4. The zero-order valence-electron chi connectivity index (χ0n) is 46.2. The van der Waals surface area contributed by atoms with E-state index in [2.05, 4.69) is 130 Å². The number of hydrogen-bond acceptors (Lipinski definition) is 6. The SMILES string of the molecule is CC/C=C\C/C=C\C/C=C\C/C=C\CCCCCCC(=O)OC[C@H](COC(=O)CCCCCC/C=C\C/C=C\C/C=C\CCCCC)OC(=O)CCCCCCCCCCC/C=C\C/C=C\CCCCC. The van der Waals surface area contributed by atoms with Crippen molar-refractivity contribution >= 4 is 17.9 Å². The third-order valence-corrected chi connectivity index (χ3v) is 12.2. The summed E-state index contributed by atoms with van der Waals surface area (Å²) >= 11 is 0. The van der Waals surface area contributed by atoms with E-state index in [1.54, 1.807) is 0 Å². The predicted molar refractivity (Wildman–Crippen MR) is 307 cm³/mol. The van der Waals surface area contributed by atoms with Gasteiger partial charge in [0.15, 0.2) is 6.10 Å². The van der Waals surface area contributed by atoms with Crippen LogP contribution < -0.4 is 0 Å². The van der Waals surface area contributed by atoms with Gasteiger partial charge in [-0.3, -0.25) is 14.4 Å². The van der Waals surface area contributed by atoms with Crippen LogP contribution in [0.5, 0.6) is 0 Å². The maximum atomic E-state index is 12.9. The van der Waals surface area contributed by atoms with Crippen molar-refractivity contribution in [3.63, 3.8) is 0 Å². The van der Waals surface area contributed by atoms with Crippen molar-refractivity contribution in [3.8, 4) is 0 Å². The fourth-order valence-corrected chi connectivity index (χ4v) is 7.82. The van der Waals surface area contributed by atoms with E-state index in [0.29, 0.717) is 19.3 Å². The lowest BCUT2D eigenvalue weighted by Crippen LogP contribution is -2.30. The molecule has 1 atom stereocenters. The zero-order chi connectivity index (χ0) is 51.4. The van der Waals surface area contributed by atoms with Crippen molar-refractivity contribution < 1.29 is 28.6 Å². The first-order valence-corrected chi connectivity index (χ1v) is 29.4. The van der Waals surface area contributed by atoms with Crippen LogP contribution >= 0.6 is 0 Å². The molecule has 6 heteroatoms. The summed E-state index contributed by atoms with van der Waals surface area (Å²) in [7, 11) is 0. The van der Waals surface area contributed by atoms with Gasteiger partial charge in [-0.2, -0.15) is 0 Å². The Morgan fingerprint density at radius 1 is 0.296 bits per heavy atom. The molecule has 6 nitrogen and oxygen atoms in total. The third-order valence-electron chi connectivity index (χ3n) is 12.2. The van der Waals surface area contributed by atoms with E-state index in [4.69, 9.17) is 14.2 Å². The maximum Gasteiger partial charge on any atom is 0.306 e. The van der Waals surface area contributed by atoms with Crippen molar-refractivity contribution in [2.45, 2.75) is 271 Å². The standard InChI is InChI=1S/C65H108O6/c1-4-7-10-13-16-19-22-25-28-31-32-35-38-41-44-47-50-53-56-59-65(68)71-62(60-69-63(66)57-54-51-48-45-42-39-36-33-29-26-23-20-17-14-11-8-5-2)61-70-64(67)58-55-52-49-46-43-40-37-34-30-27-24-21-18-15-12-9-6-3/h8,11,16-21,25-30,36-37,39-40,62H,4-7,9-10,12-15,22-24,31-35,38,41-61H2,1-3H3/b11-8-,19-16-,20-17-,21-18-,28-25-,29-26-,30-27-,39-36-,40-37-/t62-/m1/s1. The Hall–Kier alpha value is -3.93. The minimum atomic E-state index is -0.803. The van der Waals surface area contributed by atoms with Gasteiger partial charge in [0.1, 0.15) is 13.2 Å². The lowest BCUT2D eigenvalue weighted by atomic mass is 10.1. The molecule has 0 saturated heterocycles. The molecule has 0 heterocycles. The van der Waals surface area contributed by atoms with E-state index in [9.17, 15) is 14.4 Å². The molecule has 0 aromatic rings. The average Bonchev–Trinajstić information content (AvgIpc) is 3.37. The summed E-state index contributed by atoms with van der Waals surface area (Å²) in [5, 5.41) is 0. The molecule has 0 fully saturated rings. The van der Waals surface area contributed by atoms with Crippen LogP contribution in [-0.4, -0.2) is 37.2 Å². The van der Waals surface area contributed by atoms with Crippen molar-refractivity contribution in [2.75, 3.05) is 13.2 Å². The van der Waals surface area contributed by atoms with Crippen LogP contribution in [-0.2, 0) is 28.6 Å². The monoisotopic (exact) mass is 985 g/mol. The number of carbonyl (C=O) groups is 3. The Balaban J connectivity index is 4.48. The molecule has 0 unspecified atom stereocenters. The second-order valence-corrected chi connectivity index (χ2v) is 19.2. The topological polar surface area (TPSA) is 78.9 Å². The number of rotatable bonds is 52. The van der Waals surface area contributed by atoms with Gasteiger partial charge in [-0.25, -0.2) is 0 Å². The first-order chi connectivity index (χ1) is 35.0. The van der Waals surface area contributed by atoms with Crippen molar-refractivity contribution in [1.29, 1.82) is 0 Å². The van der Waals surface area contributed by atoms with Gasteiger partial charge < -0.3 is 14.2 Å². The normalized spacial score (nSPS) is 12.9. The van der Waals surface area contributed by atoms with Crippen LogP contribution in [0.1, 0.15) is 265 Å². The number of carbonyl (C=O) groups excluding carboxylic acids is 3. The van der Waals surface area contributed by atoms with Gasteiger partial charge in [-0.1, -0.05) is 226 Å². The molecule has 0 amide bonds. The molecule has 0 saturated carbocycles. The summed E-state index contributed by atoms with van der Waals surface area (Å²) in [4.78, 5) is 38.2. The van der Waals surface area contributed by atoms with Crippen LogP contribution in [0.15, 0.2) is 109 Å². The number of allylic oxidation sites excluding steroid dienone is 18. The highest BCUT2D eigenvalue weighted by Crippen LogP contribution is 2.14. The summed E-state index contributed by atoms with van der Waals surface area (Å²) in [5.74, 6) is -0.946. The highest BCUT2D eigenvalue weighted by molar-refractivity contribution is 5.71. The molecule has 0 aliphatic rings. The highest BCUT2D eigenvalue weighted by Gasteiger charge is 2.19. The van der Waals surface area contributed by atoms with Crippen molar-refractivity contribution in [3.05, 3.63) is 109 Å². The minimum Gasteiger partial charge on any atom is -0.462 e. The van der Waals surface area contributed by atoms with E-state index in [1.165, 1.54) is 96.3 Å². The third kappa shape index (κ3) is 56.9. The number of hydrogen-bond donors (Lipinski definition) is 0. The lowest BCUT2D eigenvalue weighted by Gasteiger charge is -2.18. The van der Waals surface area contributed by atoms with E-state index < -0.39 is 6.10 Å². The Morgan fingerprint density at radius 2 is 0.549 bits per heavy atom. The van der Waals surface area contributed by atoms with Gasteiger partial charge in [0, 0.05) is 19.3 Å². The molecule has 0 aliphatic heterocycles. The second kappa shape index (κ2) is 58.6. The van der Waals surface area contributed by atoms with Gasteiger partial charge in [-0.05, 0) is 128 Å². The molecule has 0 aliphatic carbocycles. The van der Waals surface area contributed by atoms with E-state index >= 15 is 0 Å². The quantitative estimate of drug-likeness (QED) is 0.0261. The Bertz CT molecular complexity index is 1460. The van der Waals surface area contributed by atoms with Gasteiger partial charge >= 0.3 is 17.9 Å². The first-order valence-electron chi connectivity index (χ1n) is 29.4. The molecule has 0 aromatic heterocycles. The molecule has 0 bridgehead atoms. The molecular formula is C65H108O6. The summed E-state index contributed by atoms with van der Waals surface area (Å²) in [5.41, 5.74) is 0. The van der Waals surface area contributed by atoms with E-state index in [0.717, 1.165) is 128 Å². The van der Waals surface area contributed by atoms with Crippen LogP contribution in [0.2, 0.25) is 0 Å². The summed E-state index contributed by atoms with van der Waals surface area (Å²) in [6.07, 6.45) is 79.3. The fourth-order valence-electron chi connectivity index (χ4n) is 7.82. The summed E-state index contributed by atoms with van der Waals surface area (Å²) < 4.78 is 16.9. The van der Waals surface area contributed by atoms with Gasteiger partial charge in [0.05, 0.1) is 0 Å². The molecule has 0 spiro atoms. The first kappa shape index (κ1) is 67.1. The lowest BCUT2D eigenvalue weighted by molar-refractivity contribution is -0.167. The Morgan fingerprint density at radius 3 is 0.859 bits per heavy atom. The summed E-state index contributed by atoms with van der Waals surface area (Å²) in [6, 6.07) is 0. The minimum absolute atomic E-state index is 0.101. The van der Waals surface area contributed by atoms with Crippen LogP contribution in [0, 0.1) is 0 Å². The molecule has 0 N–H and O–H groups in total. The number of esters is 3. The number of ether oxygens (including phenoxy) is 3. The van der Waals surface area contributed by atoms with Gasteiger partial charge in [-0.15, -0.1) is 0 Å². The van der Waals surface area contributed by atoms with Gasteiger partial charge in [0.2, 0.25) is 0 Å². The molecule has 404 valence electrons. The van der Waals surface area contributed by atoms with Crippen LogP contribution in [0.4, 0.5) is 0 Å². The molecule has 0 rings (SSSR count). The molecule has 0 radical (unpaired) electrons. The largest absolute Gasteiger partial charge is 0.462 e. The fraction of sp³-hybridized carbons (Fsp3) is 0.677. The number of unbranched alkanes of at least 4 members (excludes halogenated alkanes) is 23. The van der Waals surface area contributed by atoms with E-state index in [1.807, 2.05) is 0 Å². The molecule has 0 aromatic carbocycles. The highest BCUT2D eigenvalue weighted by atomic mass is 16.6. The summed E-state index contributed by atoms with van der Waals surface area (Å²) in [6.45, 7) is 6.44. The predicted octanol–water partition coefficient (Wildman–Crippen LogP) is 19.9. The van der Waals surface area contributed by atoms with Crippen molar-refractivity contribution in [2.24, 2.45) is 0 Å². The van der Waals surface area contributed by atoms with Crippen molar-refractivity contribution in [1.82, 2.24) is 0 Å².